The molecular weight excluding hydrogens is 417 g/mol. The largest absolute Gasteiger partial charge is 0.494 e. The van der Waals surface area contributed by atoms with Crippen LogP contribution in [0.25, 0.3) is 21.8 Å². The summed E-state index contributed by atoms with van der Waals surface area (Å²) < 4.78 is 19.1. The number of carbonyl (C=O) groups is 1. The van der Waals surface area contributed by atoms with Crippen LogP contribution in [0.1, 0.15) is 23.7 Å². The molecule has 0 unspecified atom stereocenters. The van der Waals surface area contributed by atoms with Gasteiger partial charge in [0.25, 0.3) is 11.5 Å². The van der Waals surface area contributed by atoms with Crippen LogP contribution in [-0.4, -0.2) is 38.1 Å². The standard InChI is InChI=1S/C20H18FN5O2.C2H4O2/c1-9-5-10(2)17-13(6-9)18(27)25-20(24-17)26-19-22-11(3)12-7-16(28-4)14(21)8-15(12)23-19;1-2(3)4/h5-8H,1-4H3,(H2,22,23,24,25,26,27);1H3,(H,3,4). The molecule has 4 aromatic rings. The summed E-state index contributed by atoms with van der Waals surface area (Å²) in [4.78, 5) is 37.4. The van der Waals surface area contributed by atoms with Crippen LogP contribution in [-0.2, 0) is 4.79 Å². The molecule has 2 heterocycles. The molecule has 0 fully saturated rings. The number of nitrogens with zero attached hydrogens (tertiary/aromatic N) is 3. The van der Waals surface area contributed by atoms with Crippen LogP contribution in [0.15, 0.2) is 29.1 Å². The third-order valence-electron chi connectivity index (χ3n) is 4.54. The van der Waals surface area contributed by atoms with E-state index in [1.54, 1.807) is 19.1 Å². The fourth-order valence-corrected chi connectivity index (χ4v) is 3.26. The van der Waals surface area contributed by atoms with Gasteiger partial charge in [-0.25, -0.2) is 19.3 Å². The first-order valence-corrected chi connectivity index (χ1v) is 9.58. The lowest BCUT2D eigenvalue weighted by molar-refractivity contribution is -0.134. The van der Waals surface area contributed by atoms with Crippen LogP contribution in [0.5, 0.6) is 5.75 Å². The molecule has 32 heavy (non-hydrogen) atoms. The van der Waals surface area contributed by atoms with Gasteiger partial charge in [-0.1, -0.05) is 6.07 Å². The van der Waals surface area contributed by atoms with Gasteiger partial charge in [0.05, 0.1) is 29.2 Å². The normalized spacial score (nSPS) is 10.6. The molecule has 3 N–H and O–H groups in total. The lowest BCUT2D eigenvalue weighted by Crippen LogP contribution is -2.13. The van der Waals surface area contributed by atoms with Crippen LogP contribution in [0.3, 0.4) is 0 Å². The van der Waals surface area contributed by atoms with Crippen molar-refractivity contribution in [2.24, 2.45) is 0 Å². The van der Waals surface area contributed by atoms with Crippen molar-refractivity contribution in [3.05, 3.63) is 57.3 Å². The van der Waals surface area contributed by atoms with E-state index in [0.717, 1.165) is 18.1 Å². The molecule has 0 aliphatic heterocycles. The summed E-state index contributed by atoms with van der Waals surface area (Å²) in [6, 6.07) is 6.61. The minimum atomic E-state index is -0.833. The number of aromatic amines is 1. The van der Waals surface area contributed by atoms with E-state index in [2.05, 4.69) is 25.3 Å². The minimum Gasteiger partial charge on any atom is -0.494 e. The summed E-state index contributed by atoms with van der Waals surface area (Å²) >= 11 is 0. The summed E-state index contributed by atoms with van der Waals surface area (Å²) in [5.74, 6) is -0.785. The molecule has 0 spiro atoms. The summed E-state index contributed by atoms with van der Waals surface area (Å²) in [5.41, 5.74) is 3.29. The third kappa shape index (κ3) is 4.80. The zero-order valence-corrected chi connectivity index (χ0v) is 18.2. The van der Waals surface area contributed by atoms with E-state index in [9.17, 15) is 9.18 Å². The maximum absolute atomic E-state index is 14.0. The van der Waals surface area contributed by atoms with Gasteiger partial charge in [0.2, 0.25) is 11.9 Å². The number of methoxy groups -OCH3 is 1. The van der Waals surface area contributed by atoms with Gasteiger partial charge < -0.3 is 9.84 Å². The van der Waals surface area contributed by atoms with Crippen LogP contribution in [0.4, 0.5) is 16.3 Å². The van der Waals surface area contributed by atoms with Crippen LogP contribution in [0.2, 0.25) is 0 Å². The summed E-state index contributed by atoms with van der Waals surface area (Å²) in [6.45, 7) is 6.70. The quantitative estimate of drug-likeness (QED) is 0.440. The first kappa shape index (κ1) is 22.6. The second-order valence-corrected chi connectivity index (χ2v) is 7.17. The maximum atomic E-state index is 14.0. The van der Waals surface area contributed by atoms with Crippen molar-refractivity contribution in [2.75, 3.05) is 12.4 Å². The second kappa shape index (κ2) is 8.96. The lowest BCUT2D eigenvalue weighted by Gasteiger charge is -2.10. The predicted molar refractivity (Wildman–Crippen MR) is 119 cm³/mol. The zero-order chi connectivity index (χ0) is 23.6. The predicted octanol–water partition coefficient (Wildman–Crippen LogP) is 3.77. The van der Waals surface area contributed by atoms with Gasteiger partial charge >= 0.3 is 0 Å². The molecule has 166 valence electrons. The first-order chi connectivity index (χ1) is 15.1. The second-order valence-electron chi connectivity index (χ2n) is 7.17. The number of carboxylic acids is 1. The van der Waals surface area contributed by atoms with Gasteiger partial charge in [0.15, 0.2) is 11.6 Å². The van der Waals surface area contributed by atoms with Gasteiger partial charge in [-0.3, -0.25) is 19.9 Å². The molecule has 0 bridgehead atoms. The molecule has 2 aromatic carbocycles. The number of aromatic nitrogens is 4. The van der Waals surface area contributed by atoms with Gasteiger partial charge in [-0.05, 0) is 44.0 Å². The first-order valence-electron chi connectivity index (χ1n) is 9.58. The van der Waals surface area contributed by atoms with E-state index in [1.807, 2.05) is 19.9 Å². The number of halogens is 1. The Labute approximate surface area is 182 Å². The van der Waals surface area contributed by atoms with E-state index in [-0.39, 0.29) is 23.2 Å². The highest BCUT2D eigenvalue weighted by Crippen LogP contribution is 2.26. The number of anilines is 2. The fourth-order valence-electron chi connectivity index (χ4n) is 3.26. The number of rotatable bonds is 3. The number of benzene rings is 2. The Morgan fingerprint density at radius 1 is 1.09 bits per heavy atom. The number of nitrogens with one attached hydrogen (secondary N) is 2. The highest BCUT2D eigenvalue weighted by molar-refractivity contribution is 5.85. The van der Waals surface area contributed by atoms with E-state index in [0.29, 0.717) is 27.5 Å². The smallest absolute Gasteiger partial charge is 0.300 e. The average molecular weight is 439 g/mol. The number of carboxylic acid groups (broad SMARTS) is 1. The highest BCUT2D eigenvalue weighted by Gasteiger charge is 2.12. The molecule has 0 saturated carbocycles. The molecule has 0 radical (unpaired) electrons. The fraction of sp³-hybridized carbons (Fsp3) is 0.227. The molecular formula is C22H22FN5O4. The molecule has 0 aliphatic rings. The monoisotopic (exact) mass is 439 g/mol. The number of hydrogen-bond donors (Lipinski definition) is 3. The zero-order valence-electron chi connectivity index (χ0n) is 18.2. The van der Waals surface area contributed by atoms with Crippen LogP contribution >= 0.6 is 0 Å². The van der Waals surface area contributed by atoms with Crippen molar-refractivity contribution in [3.63, 3.8) is 0 Å². The lowest BCUT2D eigenvalue weighted by atomic mass is 10.1. The molecule has 2 aromatic heterocycles. The Kier molecular flexibility index (Phi) is 6.33. The SMILES string of the molecule is CC(=O)O.COc1cc2c(C)nc(Nc3nc4c(C)cc(C)cc4c(=O)[nH]3)nc2cc1F. The molecule has 0 aliphatic carbocycles. The minimum absolute atomic E-state index is 0.131. The summed E-state index contributed by atoms with van der Waals surface area (Å²) in [7, 11) is 1.40. The van der Waals surface area contributed by atoms with Crippen molar-refractivity contribution in [2.45, 2.75) is 27.7 Å². The molecule has 0 atom stereocenters. The van der Waals surface area contributed by atoms with Crippen molar-refractivity contribution in [3.8, 4) is 5.75 Å². The number of aryl methyl sites for hydroxylation is 3. The van der Waals surface area contributed by atoms with Crippen LogP contribution in [0, 0.1) is 26.6 Å². The van der Waals surface area contributed by atoms with Gasteiger partial charge in [-0.15, -0.1) is 0 Å². The number of aliphatic carboxylic acids is 1. The highest BCUT2D eigenvalue weighted by atomic mass is 19.1. The Bertz CT molecular complexity index is 1400. The van der Waals surface area contributed by atoms with E-state index < -0.39 is 11.8 Å². The Morgan fingerprint density at radius 3 is 2.44 bits per heavy atom. The van der Waals surface area contributed by atoms with E-state index in [4.69, 9.17) is 14.6 Å². The van der Waals surface area contributed by atoms with Gasteiger partial charge in [0, 0.05) is 18.4 Å². The molecule has 0 saturated heterocycles. The number of H-pyrrole nitrogens is 1. The van der Waals surface area contributed by atoms with E-state index >= 15 is 0 Å². The van der Waals surface area contributed by atoms with Crippen molar-refractivity contribution < 1.29 is 19.0 Å². The topological polar surface area (TPSA) is 130 Å². The Balaban J connectivity index is 0.000000668. The third-order valence-corrected chi connectivity index (χ3v) is 4.54. The van der Waals surface area contributed by atoms with Gasteiger partial charge in [-0.2, -0.15) is 0 Å². The summed E-state index contributed by atoms with van der Waals surface area (Å²) in [6.07, 6.45) is 0. The van der Waals surface area contributed by atoms with Gasteiger partial charge in [0.1, 0.15) is 0 Å². The van der Waals surface area contributed by atoms with E-state index in [1.165, 1.54) is 13.2 Å². The van der Waals surface area contributed by atoms with Crippen molar-refractivity contribution in [1.82, 2.24) is 19.9 Å². The molecule has 0 amide bonds. The maximum Gasteiger partial charge on any atom is 0.300 e. The molecule has 10 heteroatoms. The Morgan fingerprint density at radius 2 is 1.78 bits per heavy atom. The number of ether oxygens (including phenoxy) is 1. The molecule has 9 nitrogen and oxygen atoms in total. The van der Waals surface area contributed by atoms with Crippen LogP contribution < -0.4 is 15.6 Å². The average Bonchev–Trinajstić information content (AvgIpc) is 2.68. The number of hydrogen-bond acceptors (Lipinski definition) is 7. The Hall–Kier alpha value is -4.08. The summed E-state index contributed by atoms with van der Waals surface area (Å²) in [5, 5.41) is 11.5. The van der Waals surface area contributed by atoms with Crippen molar-refractivity contribution in [1.29, 1.82) is 0 Å². The van der Waals surface area contributed by atoms with Crippen molar-refractivity contribution >= 4 is 39.7 Å². The molecule has 4 rings (SSSR count). The number of fused-ring (bicyclic) bond motifs is 2.